The summed E-state index contributed by atoms with van der Waals surface area (Å²) in [5, 5.41) is 19.6. The molecule has 2 saturated heterocycles. The normalized spacial score (nSPS) is 22.5. The molecular formula is C29H33N4O7+. The molecule has 11 heteroatoms. The third-order valence-electron chi connectivity index (χ3n) is 8.03. The summed E-state index contributed by atoms with van der Waals surface area (Å²) in [4.78, 5) is 42.0. The number of aliphatic hydroxyl groups is 2. The number of aliphatic hydroxyl groups excluding tert-OH is 2. The lowest BCUT2D eigenvalue weighted by Gasteiger charge is -2.15. The van der Waals surface area contributed by atoms with Crippen LogP contribution >= 0.6 is 0 Å². The molecule has 0 aliphatic carbocycles. The summed E-state index contributed by atoms with van der Waals surface area (Å²) in [6.07, 6.45) is -0.0449. The largest absolute Gasteiger partial charge is 0.479 e. The fourth-order valence-corrected chi connectivity index (χ4v) is 5.97. The predicted molar refractivity (Wildman–Crippen MR) is 142 cm³/mol. The predicted octanol–water partition coefficient (Wildman–Crippen LogP) is 0.867. The molecule has 0 unspecified atom stereocenters. The van der Waals surface area contributed by atoms with Crippen LogP contribution in [0.5, 0.6) is 5.75 Å². The number of likely N-dealkylation sites (tertiary alicyclic amines) is 1. The molecule has 0 spiro atoms. The minimum absolute atomic E-state index is 0.000934. The minimum atomic E-state index is -0.967. The molecule has 3 aliphatic rings. The summed E-state index contributed by atoms with van der Waals surface area (Å²) >= 11 is 0. The molecule has 11 nitrogen and oxygen atoms in total. The van der Waals surface area contributed by atoms with E-state index in [4.69, 9.17) is 9.47 Å². The standard InChI is InChI=1S/C29H33N4O7/c1-2-31-25(16-33-28(37)19-8-3-4-9-20(19)29(33)38)32(13-18-7-6-12-39-18)21-10-5-11-24(27(21)31)40-17-26(36)30-14-22(34)23(35)15-30/h3-5,8-11,18,22-23,34-35H,2,6-7,12-17H2,1H3/q+1/t18-,22-,23-/m0/s1. The van der Waals surface area contributed by atoms with E-state index in [-0.39, 0.29) is 50.1 Å². The van der Waals surface area contributed by atoms with Gasteiger partial charge in [-0.15, -0.1) is 0 Å². The second kappa shape index (κ2) is 10.6. The summed E-state index contributed by atoms with van der Waals surface area (Å²) in [6.45, 7) is 3.70. The number of hydrogen-bond acceptors (Lipinski definition) is 7. The maximum absolute atomic E-state index is 13.3. The van der Waals surface area contributed by atoms with Gasteiger partial charge in [-0.25, -0.2) is 9.13 Å². The van der Waals surface area contributed by atoms with Gasteiger partial charge in [-0.3, -0.25) is 19.3 Å². The first-order chi connectivity index (χ1) is 19.4. The van der Waals surface area contributed by atoms with Gasteiger partial charge in [0.25, 0.3) is 23.5 Å². The van der Waals surface area contributed by atoms with Crippen LogP contribution in [0.15, 0.2) is 42.5 Å². The fraction of sp³-hybridized carbons (Fsp3) is 0.448. The Morgan fingerprint density at radius 3 is 2.38 bits per heavy atom. The Morgan fingerprint density at radius 2 is 1.75 bits per heavy atom. The van der Waals surface area contributed by atoms with E-state index in [1.807, 2.05) is 23.6 Å². The van der Waals surface area contributed by atoms with Crippen LogP contribution in [0.2, 0.25) is 0 Å². The zero-order valence-corrected chi connectivity index (χ0v) is 22.4. The number of nitrogens with zero attached hydrogens (tertiary/aromatic N) is 4. The van der Waals surface area contributed by atoms with Gasteiger partial charge in [0.1, 0.15) is 13.1 Å². The molecule has 0 radical (unpaired) electrons. The van der Waals surface area contributed by atoms with Crippen molar-refractivity contribution in [2.75, 3.05) is 26.3 Å². The first-order valence-electron chi connectivity index (χ1n) is 13.7. The molecule has 3 atom stereocenters. The Bertz CT molecular complexity index is 1430. The van der Waals surface area contributed by atoms with E-state index in [0.717, 1.165) is 29.7 Å². The van der Waals surface area contributed by atoms with Gasteiger partial charge in [0.2, 0.25) is 5.52 Å². The lowest BCUT2D eigenvalue weighted by atomic mass is 10.1. The Kier molecular flexibility index (Phi) is 7.03. The average Bonchev–Trinajstić information content (AvgIpc) is 3.72. The number of benzene rings is 2. The number of aromatic nitrogens is 2. The van der Waals surface area contributed by atoms with Crippen molar-refractivity contribution in [2.45, 2.75) is 57.7 Å². The highest BCUT2D eigenvalue weighted by Gasteiger charge is 2.40. The number of para-hydroxylation sites is 1. The quantitative estimate of drug-likeness (QED) is 0.316. The monoisotopic (exact) mass is 549 g/mol. The molecule has 3 amide bonds. The van der Waals surface area contributed by atoms with Gasteiger partial charge < -0.3 is 24.6 Å². The maximum atomic E-state index is 13.3. The van der Waals surface area contributed by atoms with E-state index in [1.54, 1.807) is 30.3 Å². The number of amides is 3. The van der Waals surface area contributed by atoms with E-state index in [1.165, 1.54) is 9.80 Å². The van der Waals surface area contributed by atoms with Crippen molar-refractivity contribution < 1.29 is 38.6 Å². The number of carbonyl (C=O) groups is 3. The number of hydrogen-bond donors (Lipinski definition) is 2. The first kappa shape index (κ1) is 26.4. The number of ether oxygens (including phenoxy) is 2. The Balaban J connectivity index is 1.36. The van der Waals surface area contributed by atoms with Gasteiger partial charge in [-0.2, -0.15) is 0 Å². The molecule has 3 aliphatic heterocycles. The Hall–Kier alpha value is -3.80. The number of carbonyl (C=O) groups excluding carboxylic acids is 3. The summed E-state index contributed by atoms with van der Waals surface area (Å²) in [5.41, 5.74) is 2.40. The molecule has 40 heavy (non-hydrogen) atoms. The topological polar surface area (TPSA) is 125 Å². The van der Waals surface area contributed by atoms with Crippen LogP contribution < -0.4 is 9.30 Å². The van der Waals surface area contributed by atoms with Gasteiger partial charge in [0.05, 0.1) is 36.0 Å². The van der Waals surface area contributed by atoms with E-state index in [9.17, 15) is 24.6 Å². The van der Waals surface area contributed by atoms with Gasteiger partial charge in [0.15, 0.2) is 17.9 Å². The van der Waals surface area contributed by atoms with Crippen LogP contribution in [-0.4, -0.2) is 86.9 Å². The van der Waals surface area contributed by atoms with Crippen molar-refractivity contribution in [3.05, 3.63) is 59.4 Å². The second-order valence-corrected chi connectivity index (χ2v) is 10.5. The molecule has 2 N–H and O–H groups in total. The van der Waals surface area contributed by atoms with Gasteiger partial charge in [-0.1, -0.05) is 18.2 Å². The zero-order valence-electron chi connectivity index (χ0n) is 22.4. The molecule has 210 valence electrons. The van der Waals surface area contributed by atoms with E-state index < -0.39 is 12.2 Å². The van der Waals surface area contributed by atoms with Crippen LogP contribution in [0.3, 0.4) is 0 Å². The second-order valence-electron chi connectivity index (χ2n) is 10.5. The zero-order chi connectivity index (χ0) is 28.0. The van der Waals surface area contributed by atoms with Gasteiger partial charge >= 0.3 is 0 Å². The smallest absolute Gasteiger partial charge is 0.278 e. The summed E-state index contributed by atoms with van der Waals surface area (Å²) in [5.74, 6) is 0.266. The molecule has 2 aromatic carbocycles. The van der Waals surface area contributed by atoms with Crippen LogP contribution in [0.25, 0.3) is 11.0 Å². The van der Waals surface area contributed by atoms with Crippen LogP contribution in [-0.2, 0) is 29.2 Å². The molecule has 4 heterocycles. The SMILES string of the molecule is CC[n+]1c(CN2C(=O)c3ccccc3C2=O)n(C[C@@H]2CCCO2)c2cccc(OCC(=O)N3C[C@H](O)[C@@H](O)C3)c21. The van der Waals surface area contributed by atoms with Gasteiger partial charge in [0, 0.05) is 19.7 Å². The number of β-amino-alcohol motifs (C(OH)–C–C–N with tert-alkyl or cyclic N) is 2. The molecule has 0 bridgehead atoms. The summed E-state index contributed by atoms with van der Waals surface area (Å²) in [6, 6.07) is 12.5. The third kappa shape index (κ3) is 4.53. The molecule has 2 fully saturated rings. The molecule has 0 saturated carbocycles. The molecule has 6 rings (SSSR count). The number of rotatable bonds is 8. The fourth-order valence-electron chi connectivity index (χ4n) is 5.97. The van der Waals surface area contributed by atoms with Crippen molar-refractivity contribution >= 4 is 28.8 Å². The van der Waals surface area contributed by atoms with E-state index >= 15 is 0 Å². The van der Waals surface area contributed by atoms with Crippen molar-refractivity contribution in [3.63, 3.8) is 0 Å². The molecular weight excluding hydrogens is 516 g/mol. The van der Waals surface area contributed by atoms with Crippen LogP contribution in [0.4, 0.5) is 0 Å². The number of imide groups is 1. The number of imidazole rings is 1. The maximum Gasteiger partial charge on any atom is 0.278 e. The lowest BCUT2D eigenvalue weighted by molar-refractivity contribution is -0.677. The summed E-state index contributed by atoms with van der Waals surface area (Å²) in [7, 11) is 0. The molecule has 3 aromatic rings. The summed E-state index contributed by atoms with van der Waals surface area (Å²) < 4.78 is 16.1. The highest BCUT2D eigenvalue weighted by molar-refractivity contribution is 6.21. The van der Waals surface area contributed by atoms with Crippen molar-refractivity contribution in [1.29, 1.82) is 0 Å². The number of fused-ring (bicyclic) bond motifs is 2. The highest BCUT2D eigenvalue weighted by Crippen LogP contribution is 2.30. The van der Waals surface area contributed by atoms with Crippen molar-refractivity contribution in [1.82, 2.24) is 14.4 Å². The number of aryl methyl sites for hydroxylation is 1. The average molecular weight is 550 g/mol. The van der Waals surface area contributed by atoms with E-state index in [0.29, 0.717) is 36.6 Å². The first-order valence-corrected chi connectivity index (χ1v) is 13.7. The Labute approximate surface area is 231 Å². The van der Waals surface area contributed by atoms with Crippen molar-refractivity contribution in [2.24, 2.45) is 0 Å². The van der Waals surface area contributed by atoms with Gasteiger partial charge in [-0.05, 0) is 44.0 Å². The molecule has 1 aromatic heterocycles. The highest BCUT2D eigenvalue weighted by atomic mass is 16.5. The minimum Gasteiger partial charge on any atom is -0.479 e. The van der Waals surface area contributed by atoms with E-state index in [2.05, 4.69) is 4.57 Å². The van der Waals surface area contributed by atoms with Crippen LogP contribution in [0, 0.1) is 0 Å². The van der Waals surface area contributed by atoms with Crippen molar-refractivity contribution in [3.8, 4) is 5.75 Å². The lowest BCUT2D eigenvalue weighted by Crippen LogP contribution is -2.42. The van der Waals surface area contributed by atoms with Crippen LogP contribution in [0.1, 0.15) is 46.3 Å². The Morgan fingerprint density at radius 1 is 1.05 bits per heavy atom. The third-order valence-corrected chi connectivity index (χ3v) is 8.03.